The number of nitrogens with one attached hydrogen (secondary N) is 2. The van der Waals surface area contributed by atoms with Crippen LogP contribution < -0.4 is 10.6 Å². The summed E-state index contributed by atoms with van der Waals surface area (Å²) in [6, 6.07) is 0. The van der Waals surface area contributed by atoms with Gasteiger partial charge in [0.05, 0.1) is 12.6 Å². The first-order valence-electron chi connectivity index (χ1n) is 6.11. The van der Waals surface area contributed by atoms with Gasteiger partial charge in [-0.2, -0.15) is 0 Å². The van der Waals surface area contributed by atoms with E-state index in [9.17, 15) is 0 Å². The number of ether oxygens (including phenoxy) is 1. The van der Waals surface area contributed by atoms with Crippen molar-refractivity contribution < 1.29 is 4.74 Å². The maximum atomic E-state index is 5.63. The van der Waals surface area contributed by atoms with E-state index in [1.54, 1.807) is 0 Å². The van der Waals surface area contributed by atoms with Crippen LogP contribution in [-0.2, 0) is 4.74 Å². The molecule has 1 aliphatic rings. The highest BCUT2D eigenvalue weighted by Crippen LogP contribution is 2.12. The van der Waals surface area contributed by atoms with E-state index < -0.39 is 0 Å². The van der Waals surface area contributed by atoms with E-state index in [-0.39, 0.29) is 0 Å². The van der Waals surface area contributed by atoms with Crippen LogP contribution in [0.2, 0.25) is 0 Å². The Labute approximate surface area is 98.2 Å². The van der Waals surface area contributed by atoms with E-state index in [2.05, 4.69) is 29.1 Å². The SMILES string of the molecule is C=CCNC(=NCC1CCCCO1)NCC. The van der Waals surface area contributed by atoms with Crippen LogP contribution in [0.5, 0.6) is 0 Å². The van der Waals surface area contributed by atoms with Gasteiger partial charge in [0.25, 0.3) is 0 Å². The van der Waals surface area contributed by atoms with Crippen molar-refractivity contribution in [3.05, 3.63) is 12.7 Å². The van der Waals surface area contributed by atoms with Crippen molar-refractivity contribution in [3.63, 3.8) is 0 Å². The van der Waals surface area contributed by atoms with Gasteiger partial charge in [0, 0.05) is 19.7 Å². The highest BCUT2D eigenvalue weighted by Gasteiger charge is 2.12. The summed E-state index contributed by atoms with van der Waals surface area (Å²) in [7, 11) is 0. The third-order valence-electron chi connectivity index (χ3n) is 2.49. The molecule has 0 aromatic heterocycles. The fourth-order valence-electron chi connectivity index (χ4n) is 1.66. The van der Waals surface area contributed by atoms with Crippen molar-refractivity contribution in [3.8, 4) is 0 Å². The highest BCUT2D eigenvalue weighted by molar-refractivity contribution is 5.79. The third kappa shape index (κ3) is 5.16. The van der Waals surface area contributed by atoms with Crippen LogP contribution in [-0.4, -0.2) is 38.3 Å². The van der Waals surface area contributed by atoms with E-state index in [4.69, 9.17) is 4.74 Å². The van der Waals surface area contributed by atoms with Crippen LogP contribution in [0.15, 0.2) is 17.6 Å². The number of hydrogen-bond donors (Lipinski definition) is 2. The second kappa shape index (κ2) is 8.16. The van der Waals surface area contributed by atoms with Gasteiger partial charge in [-0.25, -0.2) is 0 Å². The average molecular weight is 225 g/mol. The molecule has 0 spiro atoms. The molecule has 1 unspecified atom stereocenters. The largest absolute Gasteiger partial charge is 0.376 e. The zero-order valence-corrected chi connectivity index (χ0v) is 10.2. The molecule has 0 aromatic carbocycles. The molecule has 92 valence electrons. The minimum absolute atomic E-state index is 0.299. The van der Waals surface area contributed by atoms with E-state index in [1.165, 1.54) is 12.8 Å². The monoisotopic (exact) mass is 225 g/mol. The number of guanidine groups is 1. The Kier molecular flexibility index (Phi) is 6.65. The number of aliphatic imine (C=N–C) groups is 1. The van der Waals surface area contributed by atoms with Crippen LogP contribution >= 0.6 is 0 Å². The molecule has 0 aromatic rings. The van der Waals surface area contributed by atoms with Gasteiger partial charge >= 0.3 is 0 Å². The summed E-state index contributed by atoms with van der Waals surface area (Å²) < 4.78 is 5.63. The number of rotatable bonds is 5. The van der Waals surface area contributed by atoms with Gasteiger partial charge in [0.2, 0.25) is 0 Å². The lowest BCUT2D eigenvalue weighted by Crippen LogP contribution is -2.38. The number of nitrogens with zero attached hydrogens (tertiary/aromatic N) is 1. The molecule has 1 aliphatic heterocycles. The van der Waals surface area contributed by atoms with Crippen LogP contribution in [0.1, 0.15) is 26.2 Å². The van der Waals surface area contributed by atoms with E-state index >= 15 is 0 Å². The molecular formula is C12H23N3O. The molecular weight excluding hydrogens is 202 g/mol. The lowest BCUT2D eigenvalue weighted by Gasteiger charge is -2.21. The van der Waals surface area contributed by atoms with Gasteiger partial charge in [-0.3, -0.25) is 4.99 Å². The van der Waals surface area contributed by atoms with Crippen molar-refractivity contribution in [1.29, 1.82) is 0 Å². The summed E-state index contributed by atoms with van der Waals surface area (Å²) in [5, 5.41) is 6.37. The molecule has 0 radical (unpaired) electrons. The number of hydrogen-bond acceptors (Lipinski definition) is 2. The standard InChI is InChI=1S/C12H23N3O/c1-3-8-14-12(13-4-2)15-10-11-7-5-6-9-16-11/h3,11H,1,4-10H2,2H3,(H2,13,14,15). The molecule has 1 saturated heterocycles. The minimum Gasteiger partial charge on any atom is -0.376 e. The smallest absolute Gasteiger partial charge is 0.191 e. The van der Waals surface area contributed by atoms with Gasteiger partial charge in [0.15, 0.2) is 5.96 Å². The molecule has 1 heterocycles. The average Bonchev–Trinajstić information content (AvgIpc) is 2.34. The Hall–Kier alpha value is -1.03. The van der Waals surface area contributed by atoms with E-state index in [0.29, 0.717) is 6.10 Å². The quantitative estimate of drug-likeness (QED) is 0.421. The van der Waals surface area contributed by atoms with Gasteiger partial charge < -0.3 is 15.4 Å². The second-order valence-electron chi connectivity index (χ2n) is 3.88. The second-order valence-corrected chi connectivity index (χ2v) is 3.88. The summed E-state index contributed by atoms with van der Waals surface area (Å²) in [5.41, 5.74) is 0. The van der Waals surface area contributed by atoms with Gasteiger partial charge in [-0.15, -0.1) is 6.58 Å². The van der Waals surface area contributed by atoms with Crippen molar-refractivity contribution in [2.45, 2.75) is 32.3 Å². The summed E-state index contributed by atoms with van der Waals surface area (Å²) >= 11 is 0. The zero-order chi connectivity index (χ0) is 11.6. The molecule has 2 N–H and O–H groups in total. The molecule has 1 rings (SSSR count). The molecule has 0 aliphatic carbocycles. The van der Waals surface area contributed by atoms with Gasteiger partial charge in [-0.05, 0) is 26.2 Å². The summed E-state index contributed by atoms with van der Waals surface area (Å²) in [4.78, 5) is 4.50. The zero-order valence-electron chi connectivity index (χ0n) is 10.2. The van der Waals surface area contributed by atoms with Crippen LogP contribution in [0.4, 0.5) is 0 Å². The maximum Gasteiger partial charge on any atom is 0.191 e. The van der Waals surface area contributed by atoms with Crippen molar-refractivity contribution in [2.24, 2.45) is 4.99 Å². The lowest BCUT2D eigenvalue weighted by atomic mass is 10.1. The predicted molar refractivity (Wildman–Crippen MR) is 67.8 cm³/mol. The van der Waals surface area contributed by atoms with E-state index in [1.807, 2.05) is 6.08 Å². The maximum absolute atomic E-state index is 5.63. The normalized spacial score (nSPS) is 21.6. The molecule has 0 saturated carbocycles. The van der Waals surface area contributed by atoms with Crippen molar-refractivity contribution in [1.82, 2.24) is 10.6 Å². The Morgan fingerprint density at radius 2 is 2.38 bits per heavy atom. The molecule has 0 bridgehead atoms. The summed E-state index contributed by atoms with van der Waals surface area (Å²) in [5.74, 6) is 0.844. The van der Waals surface area contributed by atoms with Crippen LogP contribution in [0, 0.1) is 0 Å². The van der Waals surface area contributed by atoms with Crippen LogP contribution in [0.25, 0.3) is 0 Å². The molecule has 16 heavy (non-hydrogen) atoms. The molecule has 0 amide bonds. The molecule has 1 atom stereocenters. The van der Waals surface area contributed by atoms with Crippen molar-refractivity contribution in [2.75, 3.05) is 26.2 Å². The predicted octanol–water partition coefficient (Wildman–Crippen LogP) is 1.30. The Bertz CT molecular complexity index is 222. The fourth-order valence-corrected chi connectivity index (χ4v) is 1.66. The third-order valence-corrected chi connectivity index (χ3v) is 2.49. The highest BCUT2D eigenvalue weighted by atomic mass is 16.5. The first-order valence-corrected chi connectivity index (χ1v) is 6.11. The Balaban J connectivity index is 2.32. The van der Waals surface area contributed by atoms with Gasteiger partial charge in [0.1, 0.15) is 0 Å². The fraction of sp³-hybridized carbons (Fsp3) is 0.750. The molecule has 1 fully saturated rings. The topological polar surface area (TPSA) is 45.7 Å². The molecule has 4 nitrogen and oxygen atoms in total. The van der Waals surface area contributed by atoms with E-state index in [0.717, 1.165) is 38.6 Å². The Morgan fingerprint density at radius 3 is 3.00 bits per heavy atom. The lowest BCUT2D eigenvalue weighted by molar-refractivity contribution is 0.0224. The summed E-state index contributed by atoms with van der Waals surface area (Å²) in [6.45, 7) is 8.96. The molecule has 4 heteroatoms. The Morgan fingerprint density at radius 1 is 1.50 bits per heavy atom. The minimum atomic E-state index is 0.299. The van der Waals surface area contributed by atoms with Crippen LogP contribution in [0.3, 0.4) is 0 Å². The van der Waals surface area contributed by atoms with Crippen molar-refractivity contribution >= 4 is 5.96 Å². The van der Waals surface area contributed by atoms with Gasteiger partial charge in [-0.1, -0.05) is 6.08 Å². The first kappa shape index (κ1) is 13.0. The first-order chi connectivity index (χ1) is 7.86. The summed E-state index contributed by atoms with van der Waals surface area (Å²) in [6.07, 6.45) is 5.70.